The van der Waals surface area contributed by atoms with Gasteiger partial charge < -0.3 is 9.88 Å². The molecule has 1 N–H and O–H groups in total. The van der Waals surface area contributed by atoms with Crippen molar-refractivity contribution in [3.8, 4) is 17.5 Å². The van der Waals surface area contributed by atoms with Crippen molar-refractivity contribution in [2.45, 2.75) is 51.2 Å². The Morgan fingerprint density at radius 3 is 2.91 bits per heavy atom. The van der Waals surface area contributed by atoms with Gasteiger partial charge in [0.25, 0.3) is 0 Å². The Morgan fingerprint density at radius 2 is 2.19 bits per heavy atom. The molecule has 32 heavy (non-hydrogen) atoms. The van der Waals surface area contributed by atoms with Crippen LogP contribution in [0.25, 0.3) is 11.4 Å². The van der Waals surface area contributed by atoms with Crippen LogP contribution in [0.15, 0.2) is 29.4 Å². The van der Waals surface area contributed by atoms with E-state index in [1.807, 2.05) is 35.8 Å². The topological polar surface area (TPSA) is 83.6 Å². The van der Waals surface area contributed by atoms with Crippen LogP contribution in [0, 0.1) is 17.2 Å². The molecular weight excluding hydrogens is 462 g/mol. The Labute approximate surface area is 201 Å². The highest BCUT2D eigenvalue weighted by Gasteiger charge is 2.26. The second kappa shape index (κ2) is 10.1. The summed E-state index contributed by atoms with van der Waals surface area (Å²) in [6.45, 7) is 4.87. The molecule has 2 heterocycles. The number of carbonyl (C=O) groups is 1. The van der Waals surface area contributed by atoms with Gasteiger partial charge in [0.15, 0.2) is 11.0 Å². The van der Waals surface area contributed by atoms with E-state index in [0.717, 1.165) is 36.8 Å². The lowest BCUT2D eigenvalue weighted by molar-refractivity contribution is -0.113. The lowest BCUT2D eigenvalue weighted by Gasteiger charge is -2.20. The molecule has 1 aliphatic rings. The van der Waals surface area contributed by atoms with E-state index in [9.17, 15) is 10.1 Å². The Kier molecular flexibility index (Phi) is 7.19. The number of hydrogen-bond donors (Lipinski definition) is 1. The van der Waals surface area contributed by atoms with E-state index in [2.05, 4.69) is 28.5 Å². The second-order valence-corrected chi connectivity index (χ2v) is 10.2. The number of carbonyl (C=O) groups excluding carboxylic acids is 1. The van der Waals surface area contributed by atoms with Crippen LogP contribution in [0.4, 0.5) is 5.00 Å². The minimum atomic E-state index is -0.151. The molecule has 3 aromatic rings. The van der Waals surface area contributed by atoms with Crippen LogP contribution in [-0.2, 0) is 24.2 Å². The van der Waals surface area contributed by atoms with Gasteiger partial charge in [0, 0.05) is 17.0 Å². The first-order valence-corrected chi connectivity index (χ1v) is 12.9. The molecular formula is C23H24ClN5OS2. The molecule has 1 amide bonds. The molecule has 4 rings (SSSR count). The molecule has 1 aliphatic carbocycles. The van der Waals surface area contributed by atoms with Crippen LogP contribution < -0.4 is 5.32 Å². The average molecular weight is 486 g/mol. The van der Waals surface area contributed by atoms with Crippen molar-refractivity contribution >= 4 is 45.6 Å². The van der Waals surface area contributed by atoms with Crippen LogP contribution in [0.2, 0.25) is 5.02 Å². The number of anilines is 1. The first-order valence-electron chi connectivity index (χ1n) is 10.7. The molecule has 2 aromatic heterocycles. The van der Waals surface area contributed by atoms with Crippen molar-refractivity contribution in [3.05, 3.63) is 45.3 Å². The fraction of sp³-hybridized carbons (Fsp3) is 0.391. The van der Waals surface area contributed by atoms with Gasteiger partial charge in [0.1, 0.15) is 11.1 Å². The van der Waals surface area contributed by atoms with E-state index in [1.54, 1.807) is 11.3 Å². The summed E-state index contributed by atoms with van der Waals surface area (Å²) in [5.74, 6) is 1.39. The number of fused-ring (bicyclic) bond motifs is 1. The number of rotatable bonds is 7. The van der Waals surface area contributed by atoms with Gasteiger partial charge in [-0.15, -0.1) is 21.5 Å². The fourth-order valence-corrected chi connectivity index (χ4v) is 6.38. The molecule has 1 unspecified atom stereocenters. The molecule has 0 saturated carbocycles. The normalized spacial score (nSPS) is 15.2. The SMILES string of the molecule is CCC1CCc2c(sc(NC(=O)CSc3nnc(-c4ccccc4Cl)n3CC)c2C#N)C1. The summed E-state index contributed by atoms with van der Waals surface area (Å²) in [6, 6.07) is 9.82. The predicted molar refractivity (Wildman–Crippen MR) is 130 cm³/mol. The van der Waals surface area contributed by atoms with Crippen LogP contribution in [0.5, 0.6) is 0 Å². The smallest absolute Gasteiger partial charge is 0.235 e. The number of nitrogens with zero attached hydrogens (tertiary/aromatic N) is 4. The van der Waals surface area contributed by atoms with E-state index in [-0.39, 0.29) is 11.7 Å². The number of hydrogen-bond acceptors (Lipinski definition) is 6. The van der Waals surface area contributed by atoms with Crippen LogP contribution in [0.3, 0.4) is 0 Å². The Bertz CT molecular complexity index is 1180. The van der Waals surface area contributed by atoms with E-state index in [0.29, 0.717) is 39.0 Å². The third-order valence-corrected chi connectivity index (χ3v) is 8.26. The zero-order valence-electron chi connectivity index (χ0n) is 18.0. The lowest BCUT2D eigenvalue weighted by atomic mass is 9.86. The summed E-state index contributed by atoms with van der Waals surface area (Å²) in [5, 5.41) is 23.2. The molecule has 0 aliphatic heterocycles. The molecule has 0 spiro atoms. The molecule has 6 nitrogen and oxygen atoms in total. The summed E-state index contributed by atoms with van der Waals surface area (Å²) >= 11 is 9.21. The Balaban J connectivity index is 1.46. The highest BCUT2D eigenvalue weighted by Crippen LogP contribution is 2.40. The highest BCUT2D eigenvalue weighted by atomic mass is 35.5. The number of halogens is 1. The monoisotopic (exact) mass is 485 g/mol. The van der Waals surface area contributed by atoms with Crippen molar-refractivity contribution in [1.29, 1.82) is 5.26 Å². The second-order valence-electron chi connectivity index (χ2n) is 7.70. The number of nitrogens with one attached hydrogen (secondary N) is 1. The fourth-order valence-electron chi connectivity index (χ4n) is 4.02. The van der Waals surface area contributed by atoms with Crippen molar-refractivity contribution in [3.63, 3.8) is 0 Å². The highest BCUT2D eigenvalue weighted by molar-refractivity contribution is 7.99. The molecule has 1 aromatic carbocycles. The summed E-state index contributed by atoms with van der Waals surface area (Å²) in [6.07, 6.45) is 4.17. The molecule has 0 saturated heterocycles. The van der Waals surface area contributed by atoms with Crippen molar-refractivity contribution in [2.75, 3.05) is 11.1 Å². The molecule has 166 valence electrons. The number of thioether (sulfide) groups is 1. The summed E-state index contributed by atoms with van der Waals surface area (Å²) in [7, 11) is 0. The Morgan fingerprint density at radius 1 is 1.38 bits per heavy atom. The van der Waals surface area contributed by atoms with Crippen molar-refractivity contribution in [1.82, 2.24) is 14.8 Å². The largest absolute Gasteiger partial charge is 0.316 e. The number of nitriles is 1. The average Bonchev–Trinajstić information content (AvgIpc) is 3.37. The maximum absolute atomic E-state index is 12.7. The van der Waals surface area contributed by atoms with Gasteiger partial charge in [0.2, 0.25) is 5.91 Å². The quantitative estimate of drug-likeness (QED) is 0.428. The minimum Gasteiger partial charge on any atom is -0.316 e. The number of amides is 1. The first kappa shape index (κ1) is 22.8. The summed E-state index contributed by atoms with van der Waals surface area (Å²) in [4.78, 5) is 14.0. The van der Waals surface area contributed by atoms with E-state index < -0.39 is 0 Å². The van der Waals surface area contributed by atoms with Crippen LogP contribution in [0.1, 0.15) is 42.7 Å². The minimum absolute atomic E-state index is 0.151. The van der Waals surface area contributed by atoms with Gasteiger partial charge in [-0.2, -0.15) is 5.26 Å². The maximum atomic E-state index is 12.7. The number of aromatic nitrogens is 3. The van der Waals surface area contributed by atoms with E-state index in [4.69, 9.17) is 11.6 Å². The Hall–Kier alpha value is -2.34. The van der Waals surface area contributed by atoms with Gasteiger partial charge >= 0.3 is 0 Å². The predicted octanol–water partition coefficient (Wildman–Crippen LogP) is 5.80. The van der Waals surface area contributed by atoms with Crippen LogP contribution in [-0.4, -0.2) is 26.4 Å². The van der Waals surface area contributed by atoms with Gasteiger partial charge in [0.05, 0.1) is 16.3 Å². The van der Waals surface area contributed by atoms with Gasteiger partial charge in [-0.1, -0.05) is 48.8 Å². The van der Waals surface area contributed by atoms with Gasteiger partial charge in [-0.3, -0.25) is 4.79 Å². The zero-order valence-corrected chi connectivity index (χ0v) is 20.4. The molecule has 0 fully saturated rings. The number of thiophene rings is 1. The summed E-state index contributed by atoms with van der Waals surface area (Å²) < 4.78 is 1.95. The molecule has 1 atom stereocenters. The standard InChI is InChI=1S/C23H24ClN5OS2/c1-3-14-9-10-15-17(12-25)22(32-19(15)11-14)26-20(30)13-31-23-28-27-21(29(23)4-2)16-7-5-6-8-18(16)24/h5-8,14H,3-4,9-11,13H2,1-2H3,(H,26,30). The summed E-state index contributed by atoms with van der Waals surface area (Å²) in [5.41, 5.74) is 2.57. The molecule has 0 radical (unpaired) electrons. The zero-order chi connectivity index (χ0) is 22.7. The van der Waals surface area contributed by atoms with Crippen molar-refractivity contribution in [2.24, 2.45) is 5.92 Å². The third-order valence-electron chi connectivity index (χ3n) is 5.79. The maximum Gasteiger partial charge on any atom is 0.235 e. The van der Waals surface area contributed by atoms with Crippen LogP contribution >= 0.6 is 34.7 Å². The molecule has 9 heteroatoms. The van der Waals surface area contributed by atoms with Gasteiger partial charge in [-0.05, 0) is 49.8 Å². The first-order chi connectivity index (χ1) is 15.5. The molecule has 0 bridgehead atoms. The van der Waals surface area contributed by atoms with Gasteiger partial charge in [-0.25, -0.2) is 0 Å². The van der Waals surface area contributed by atoms with E-state index in [1.165, 1.54) is 16.6 Å². The van der Waals surface area contributed by atoms with Crippen molar-refractivity contribution < 1.29 is 4.79 Å². The lowest BCUT2D eigenvalue weighted by Crippen LogP contribution is -2.15. The van der Waals surface area contributed by atoms with E-state index >= 15 is 0 Å². The third kappa shape index (κ3) is 4.56. The number of benzene rings is 1.